The van der Waals surface area contributed by atoms with Crippen LogP contribution < -0.4 is 0 Å². The van der Waals surface area contributed by atoms with Gasteiger partial charge < -0.3 is 5.11 Å². The Morgan fingerprint density at radius 1 is 1.50 bits per heavy atom. The Kier molecular flexibility index (Phi) is 2.59. The molecule has 0 aromatic heterocycles. The summed E-state index contributed by atoms with van der Waals surface area (Å²) < 4.78 is 31.2. The number of rotatable bonds is 1. The molecule has 0 aromatic rings. The zero-order valence-corrected chi connectivity index (χ0v) is 6.59. The summed E-state index contributed by atoms with van der Waals surface area (Å²) in [5, 5.41) is 7.88. The zero-order chi connectivity index (χ0) is 8.58. The fourth-order valence-electron chi connectivity index (χ4n) is 0.121. The van der Waals surface area contributed by atoms with Crippen molar-refractivity contribution in [2.24, 2.45) is 0 Å². The van der Waals surface area contributed by atoms with Crippen molar-refractivity contribution in [1.82, 2.24) is 0 Å². The van der Waals surface area contributed by atoms with E-state index in [1.165, 1.54) is 0 Å². The van der Waals surface area contributed by atoms with Crippen LogP contribution in [0.25, 0.3) is 0 Å². The maximum atomic E-state index is 11.5. The molecule has 0 saturated heterocycles. The summed E-state index contributed by atoms with van der Waals surface area (Å²) in [4.78, 5) is 9.77. The summed E-state index contributed by atoms with van der Waals surface area (Å²) in [5.74, 6) is -2.18. The van der Waals surface area contributed by atoms with Crippen molar-refractivity contribution in [1.29, 1.82) is 0 Å². The van der Waals surface area contributed by atoms with E-state index < -0.39 is 15.9 Å². The fraction of sp³-hybridized carbons (Fsp3) is 0.667. The quantitative estimate of drug-likeness (QED) is 0.713. The van der Waals surface area contributed by atoms with Crippen molar-refractivity contribution >= 4 is 33.5 Å². The maximum Gasteiger partial charge on any atom is 0.428 e. The van der Waals surface area contributed by atoms with Crippen LogP contribution in [-0.4, -0.2) is 21.0 Å². The van der Waals surface area contributed by atoms with Crippen LogP contribution in [0, 0.1) is 0 Å². The Morgan fingerprint density at radius 3 is 1.80 bits per heavy atom. The fourth-order valence-corrected chi connectivity index (χ4v) is 0.121. The van der Waals surface area contributed by atoms with E-state index in [2.05, 4.69) is 11.6 Å². The second kappa shape index (κ2) is 2.58. The molecule has 0 aliphatic rings. The van der Waals surface area contributed by atoms with Crippen LogP contribution in [0.4, 0.5) is 13.2 Å². The molecule has 1 atom stereocenters. The van der Waals surface area contributed by atoms with Gasteiger partial charge in [0, 0.05) is 0 Å². The first kappa shape index (κ1) is 10.0. The summed E-state index contributed by atoms with van der Waals surface area (Å²) in [6.45, 7) is 0. The Labute approximate surface area is 67.1 Å². The normalized spacial score (nSPS) is 18.1. The molecule has 2 nitrogen and oxygen atoms in total. The van der Waals surface area contributed by atoms with Gasteiger partial charge in [-0.3, -0.25) is 0 Å². The van der Waals surface area contributed by atoms with E-state index in [9.17, 15) is 18.0 Å². The molecule has 0 aliphatic carbocycles. The summed E-state index contributed by atoms with van der Waals surface area (Å²) in [6, 6.07) is 0. The Morgan fingerprint density at radius 2 is 1.80 bits per heavy atom. The van der Waals surface area contributed by atoms with Gasteiger partial charge in [0.25, 0.3) is 3.78 Å². The van der Waals surface area contributed by atoms with Crippen molar-refractivity contribution < 1.29 is 23.1 Å². The highest BCUT2D eigenvalue weighted by atomic mass is 79.9. The molecule has 10 heavy (non-hydrogen) atoms. The van der Waals surface area contributed by atoms with Crippen molar-refractivity contribution in [3.05, 3.63) is 0 Å². The van der Waals surface area contributed by atoms with Gasteiger partial charge >= 0.3 is 12.1 Å². The predicted octanol–water partition coefficient (Wildman–Crippen LogP) is 1.96. The minimum atomic E-state index is -5.00. The van der Waals surface area contributed by atoms with E-state index in [1.54, 1.807) is 0 Å². The molecule has 1 N–H and O–H groups in total. The molecule has 1 unspecified atom stereocenters. The SMILES string of the molecule is O=C(O)C(Cl)(Br)C(F)(F)F. The molecular weight excluding hydrogens is 240 g/mol. The molecule has 7 heteroatoms. The molecule has 0 rings (SSSR count). The molecule has 0 bridgehead atoms. The van der Waals surface area contributed by atoms with Crippen LogP contribution in [0.2, 0.25) is 0 Å². The van der Waals surface area contributed by atoms with Crippen LogP contribution in [0.1, 0.15) is 0 Å². The topological polar surface area (TPSA) is 37.3 Å². The second-order valence-corrected chi connectivity index (χ2v) is 3.59. The number of alkyl halides is 5. The summed E-state index contributed by atoms with van der Waals surface area (Å²) in [7, 11) is 0. The third-order valence-corrected chi connectivity index (χ3v) is 1.79. The van der Waals surface area contributed by atoms with Crippen molar-refractivity contribution in [3.8, 4) is 0 Å². The number of hydrogen-bond donors (Lipinski definition) is 1. The van der Waals surface area contributed by atoms with Gasteiger partial charge in [-0.1, -0.05) is 11.6 Å². The lowest BCUT2D eigenvalue weighted by Crippen LogP contribution is -2.41. The van der Waals surface area contributed by atoms with E-state index >= 15 is 0 Å². The molecule has 0 radical (unpaired) electrons. The average molecular weight is 241 g/mol. The highest BCUT2D eigenvalue weighted by Gasteiger charge is 2.58. The van der Waals surface area contributed by atoms with Crippen LogP contribution >= 0.6 is 27.5 Å². The van der Waals surface area contributed by atoms with Crippen LogP contribution in [0.5, 0.6) is 0 Å². The molecule has 60 valence electrons. The molecule has 0 spiro atoms. The first-order valence-corrected chi connectivity index (χ1v) is 3.04. The van der Waals surface area contributed by atoms with Gasteiger partial charge in [-0.2, -0.15) is 13.2 Å². The number of carboxylic acid groups (broad SMARTS) is 1. The van der Waals surface area contributed by atoms with Gasteiger partial charge in [-0.25, -0.2) is 4.79 Å². The Bertz CT molecular complexity index is 154. The largest absolute Gasteiger partial charge is 0.479 e. The van der Waals surface area contributed by atoms with Gasteiger partial charge in [-0.15, -0.1) is 0 Å². The van der Waals surface area contributed by atoms with Gasteiger partial charge in [0.05, 0.1) is 0 Å². The second-order valence-electron chi connectivity index (χ2n) is 1.38. The smallest absolute Gasteiger partial charge is 0.428 e. The molecule has 0 saturated carbocycles. The van der Waals surface area contributed by atoms with E-state index in [0.29, 0.717) is 0 Å². The number of aliphatic carboxylic acids is 1. The Hall–Kier alpha value is 0.0300. The Balaban J connectivity index is 4.57. The lowest BCUT2D eigenvalue weighted by molar-refractivity contribution is -0.168. The van der Waals surface area contributed by atoms with E-state index in [0.717, 1.165) is 0 Å². The first-order chi connectivity index (χ1) is 4.19. The van der Waals surface area contributed by atoms with Crippen molar-refractivity contribution in [3.63, 3.8) is 0 Å². The lowest BCUT2D eigenvalue weighted by atomic mass is 10.4. The van der Waals surface area contributed by atoms with Gasteiger partial charge in [0.2, 0.25) is 0 Å². The standard InChI is InChI=1S/C3HBrClF3O2/c4-2(5,1(9)10)3(6,7)8/h(H,9,10). The number of carbonyl (C=O) groups is 1. The summed E-state index contributed by atoms with van der Waals surface area (Å²) in [6.07, 6.45) is -5.00. The zero-order valence-electron chi connectivity index (χ0n) is 4.25. The van der Waals surface area contributed by atoms with Gasteiger partial charge in [0.15, 0.2) is 0 Å². The number of hydrogen-bond acceptors (Lipinski definition) is 1. The average Bonchev–Trinajstić information content (AvgIpc) is 1.62. The number of carboxylic acids is 1. The third-order valence-electron chi connectivity index (χ3n) is 0.625. The number of halogens is 5. The van der Waals surface area contributed by atoms with Crippen LogP contribution in [-0.2, 0) is 4.79 Å². The molecule has 0 heterocycles. The van der Waals surface area contributed by atoms with E-state index in [-0.39, 0.29) is 0 Å². The highest BCUT2D eigenvalue weighted by Crippen LogP contribution is 2.41. The van der Waals surface area contributed by atoms with Gasteiger partial charge in [0.1, 0.15) is 0 Å². The molecule has 0 fully saturated rings. The van der Waals surface area contributed by atoms with Crippen molar-refractivity contribution in [2.75, 3.05) is 0 Å². The predicted molar refractivity (Wildman–Crippen MR) is 31.2 cm³/mol. The monoisotopic (exact) mass is 240 g/mol. The molecule has 0 aliphatic heterocycles. The third kappa shape index (κ3) is 1.76. The van der Waals surface area contributed by atoms with Gasteiger partial charge in [-0.05, 0) is 15.9 Å². The minimum absolute atomic E-state index is 1.81. The maximum absolute atomic E-state index is 11.5. The van der Waals surface area contributed by atoms with E-state index in [4.69, 9.17) is 5.11 Å². The lowest BCUT2D eigenvalue weighted by Gasteiger charge is -2.17. The van der Waals surface area contributed by atoms with Crippen LogP contribution in [0.15, 0.2) is 0 Å². The summed E-state index contributed by atoms with van der Waals surface area (Å²) in [5.41, 5.74) is 0. The first-order valence-electron chi connectivity index (χ1n) is 1.87. The minimum Gasteiger partial charge on any atom is -0.479 e. The molecular formula is C3HBrClF3O2. The highest BCUT2D eigenvalue weighted by molar-refractivity contribution is 9.10. The van der Waals surface area contributed by atoms with E-state index in [1.807, 2.05) is 15.9 Å². The van der Waals surface area contributed by atoms with Crippen LogP contribution in [0.3, 0.4) is 0 Å². The van der Waals surface area contributed by atoms with Crippen molar-refractivity contribution in [2.45, 2.75) is 9.96 Å². The molecule has 0 amide bonds. The molecule has 0 aromatic carbocycles. The summed E-state index contributed by atoms with van der Waals surface area (Å²) >= 11 is 6.35.